The smallest absolute Gasteiger partial charge is 0.234 e. The fraction of sp³-hybridized carbons (Fsp3) is 0.0909. The lowest BCUT2D eigenvalue weighted by Gasteiger charge is -2.14. The fourth-order valence-electron chi connectivity index (χ4n) is 2.99. The highest BCUT2D eigenvalue weighted by Crippen LogP contribution is 2.28. The number of hydrogen-bond donors (Lipinski definition) is 1. The lowest BCUT2D eigenvalue weighted by atomic mass is 10.2. The van der Waals surface area contributed by atoms with Gasteiger partial charge in [0.15, 0.2) is 0 Å². The van der Waals surface area contributed by atoms with Crippen molar-refractivity contribution in [2.45, 2.75) is 11.9 Å². The molecule has 0 saturated heterocycles. The molecule has 3 heterocycles. The Balaban J connectivity index is 1.55. The Morgan fingerprint density at radius 2 is 1.90 bits per heavy atom. The molecule has 7 heteroatoms. The van der Waals surface area contributed by atoms with E-state index < -0.39 is 0 Å². The number of thioether (sulfide) groups is 1. The van der Waals surface area contributed by atoms with Gasteiger partial charge in [0.2, 0.25) is 5.91 Å². The first-order valence-corrected chi connectivity index (χ1v) is 10.4. The number of rotatable bonds is 6. The van der Waals surface area contributed by atoms with Crippen molar-refractivity contribution in [3.8, 4) is 11.4 Å². The number of hydrogen-bond acceptors (Lipinski definition) is 3. The summed E-state index contributed by atoms with van der Waals surface area (Å²) in [6, 6.07) is 19.3. The van der Waals surface area contributed by atoms with Gasteiger partial charge >= 0.3 is 0 Å². The summed E-state index contributed by atoms with van der Waals surface area (Å²) in [7, 11) is 0. The monoisotopic (exact) mass is 422 g/mol. The quantitative estimate of drug-likeness (QED) is 0.426. The first kappa shape index (κ1) is 19.4. The summed E-state index contributed by atoms with van der Waals surface area (Å²) in [6.07, 6.45) is 5.70. The molecule has 4 rings (SSSR count). The van der Waals surface area contributed by atoms with Gasteiger partial charge in [-0.1, -0.05) is 35.5 Å². The number of amides is 1. The van der Waals surface area contributed by atoms with Crippen molar-refractivity contribution < 1.29 is 4.79 Å². The van der Waals surface area contributed by atoms with Crippen LogP contribution in [0, 0.1) is 6.92 Å². The van der Waals surface area contributed by atoms with Crippen LogP contribution in [0.15, 0.2) is 84.3 Å². The van der Waals surface area contributed by atoms with Crippen molar-refractivity contribution in [1.29, 1.82) is 0 Å². The van der Waals surface area contributed by atoms with Crippen molar-refractivity contribution in [2.24, 2.45) is 0 Å². The molecule has 0 aliphatic heterocycles. The Labute approximate surface area is 178 Å². The number of nitrogens with zero attached hydrogens (tertiary/aromatic N) is 3. The summed E-state index contributed by atoms with van der Waals surface area (Å²) >= 11 is 7.61. The Morgan fingerprint density at radius 3 is 2.66 bits per heavy atom. The van der Waals surface area contributed by atoms with Crippen LogP contribution in [0.2, 0.25) is 5.02 Å². The highest BCUT2D eigenvalue weighted by Gasteiger charge is 2.15. The summed E-state index contributed by atoms with van der Waals surface area (Å²) in [5.74, 6) is 0.193. The van der Waals surface area contributed by atoms with Crippen molar-refractivity contribution >= 4 is 35.0 Å². The zero-order chi connectivity index (χ0) is 20.2. The first-order chi connectivity index (χ1) is 14.1. The van der Waals surface area contributed by atoms with Crippen LogP contribution >= 0.6 is 23.4 Å². The molecule has 0 aliphatic carbocycles. The second-order valence-electron chi connectivity index (χ2n) is 6.40. The van der Waals surface area contributed by atoms with Crippen molar-refractivity contribution in [2.75, 3.05) is 11.1 Å². The molecule has 1 amide bonds. The summed E-state index contributed by atoms with van der Waals surface area (Å²) in [6.45, 7) is 1.89. The second kappa shape index (κ2) is 8.59. The van der Waals surface area contributed by atoms with E-state index in [4.69, 9.17) is 11.6 Å². The van der Waals surface area contributed by atoms with E-state index in [-0.39, 0.29) is 11.7 Å². The van der Waals surface area contributed by atoms with E-state index in [0.29, 0.717) is 5.02 Å². The van der Waals surface area contributed by atoms with Gasteiger partial charge in [-0.15, -0.1) is 0 Å². The predicted octanol–water partition coefficient (Wildman–Crippen LogP) is 5.36. The van der Waals surface area contributed by atoms with Gasteiger partial charge in [-0.2, -0.15) is 0 Å². The van der Waals surface area contributed by atoms with E-state index in [1.54, 1.807) is 6.20 Å². The van der Waals surface area contributed by atoms with E-state index in [1.165, 1.54) is 11.8 Å². The summed E-state index contributed by atoms with van der Waals surface area (Å²) in [5, 5.41) is 4.52. The third-order valence-corrected chi connectivity index (χ3v) is 5.88. The normalized spacial score (nSPS) is 10.8. The van der Waals surface area contributed by atoms with Gasteiger partial charge < -0.3 is 5.32 Å². The molecule has 5 nitrogen and oxygen atoms in total. The van der Waals surface area contributed by atoms with Gasteiger partial charge in [-0.3, -0.25) is 14.5 Å². The van der Waals surface area contributed by atoms with Gasteiger partial charge in [0.25, 0.3) is 0 Å². The predicted molar refractivity (Wildman–Crippen MR) is 118 cm³/mol. The molecule has 0 radical (unpaired) electrons. The molecular formula is C22H19ClN4OS. The molecule has 29 heavy (non-hydrogen) atoms. The first-order valence-electron chi connectivity index (χ1n) is 9.08. The summed E-state index contributed by atoms with van der Waals surface area (Å²) in [5.41, 5.74) is 3.42. The van der Waals surface area contributed by atoms with Crippen LogP contribution < -0.4 is 5.32 Å². The maximum Gasteiger partial charge on any atom is 0.234 e. The zero-order valence-corrected chi connectivity index (χ0v) is 17.3. The van der Waals surface area contributed by atoms with Crippen LogP contribution in [0.1, 0.15) is 5.56 Å². The highest BCUT2D eigenvalue weighted by molar-refractivity contribution is 7.99. The molecule has 0 saturated carbocycles. The topological polar surface area (TPSA) is 51.9 Å². The summed E-state index contributed by atoms with van der Waals surface area (Å²) in [4.78, 5) is 17.0. The van der Waals surface area contributed by atoms with E-state index in [2.05, 4.69) is 10.3 Å². The van der Waals surface area contributed by atoms with E-state index in [0.717, 1.165) is 27.7 Å². The van der Waals surface area contributed by atoms with Gasteiger partial charge in [-0.05, 0) is 61.0 Å². The number of benzene rings is 1. The molecule has 0 aliphatic rings. The largest absolute Gasteiger partial charge is 0.325 e. The molecule has 1 aromatic carbocycles. The molecule has 146 valence electrons. The number of carbonyl (C=O) groups is 1. The van der Waals surface area contributed by atoms with Crippen molar-refractivity contribution in [3.05, 3.63) is 89.8 Å². The minimum atomic E-state index is -0.0833. The Morgan fingerprint density at radius 1 is 1.07 bits per heavy atom. The molecule has 0 atom stereocenters. The number of pyridine rings is 1. The van der Waals surface area contributed by atoms with Crippen molar-refractivity contribution in [1.82, 2.24) is 14.3 Å². The minimum Gasteiger partial charge on any atom is -0.325 e. The maximum atomic E-state index is 12.5. The van der Waals surface area contributed by atoms with Crippen LogP contribution in [0.25, 0.3) is 11.4 Å². The molecule has 4 aromatic rings. The molecule has 0 spiro atoms. The van der Waals surface area contributed by atoms with Crippen LogP contribution in [0.3, 0.4) is 0 Å². The molecule has 1 N–H and O–H groups in total. The maximum absolute atomic E-state index is 12.5. The van der Waals surface area contributed by atoms with E-state index >= 15 is 0 Å². The minimum absolute atomic E-state index is 0.0833. The van der Waals surface area contributed by atoms with Gasteiger partial charge in [0, 0.05) is 29.3 Å². The fourth-order valence-corrected chi connectivity index (χ4v) is 4.00. The van der Waals surface area contributed by atoms with Crippen LogP contribution in [0.4, 0.5) is 5.69 Å². The van der Waals surface area contributed by atoms with Crippen molar-refractivity contribution in [3.63, 3.8) is 0 Å². The molecule has 3 aromatic heterocycles. The van der Waals surface area contributed by atoms with Crippen LogP contribution in [-0.2, 0) is 4.79 Å². The Bertz CT molecular complexity index is 1120. The summed E-state index contributed by atoms with van der Waals surface area (Å²) < 4.78 is 4.02. The average Bonchev–Trinajstić information content (AvgIpc) is 3.40. The number of halogens is 1. The van der Waals surface area contributed by atoms with Crippen LogP contribution in [0.5, 0.6) is 0 Å². The third kappa shape index (κ3) is 4.23. The standard InChI is InChI=1S/C22H19ClN4OS/c1-16-17(23)7-6-9-18(16)25-21(28)15-29-22-11-10-20(19-8-2-3-12-24-19)27(22)26-13-4-5-14-26/h2-14H,15H2,1H3,(H,25,28). The lowest BCUT2D eigenvalue weighted by molar-refractivity contribution is -0.113. The van der Waals surface area contributed by atoms with E-state index in [9.17, 15) is 4.79 Å². The number of aromatic nitrogens is 3. The number of anilines is 1. The van der Waals surface area contributed by atoms with Crippen LogP contribution in [-0.4, -0.2) is 26.0 Å². The second-order valence-corrected chi connectivity index (χ2v) is 7.80. The number of carbonyl (C=O) groups excluding carboxylic acids is 1. The van der Waals surface area contributed by atoms with E-state index in [1.807, 2.05) is 89.3 Å². The molecule has 0 fully saturated rings. The highest BCUT2D eigenvalue weighted by atomic mass is 35.5. The average molecular weight is 423 g/mol. The van der Waals surface area contributed by atoms with Gasteiger partial charge in [-0.25, -0.2) is 4.68 Å². The Kier molecular flexibility index (Phi) is 5.74. The molecule has 0 unspecified atom stereocenters. The Hall–Kier alpha value is -2.96. The lowest BCUT2D eigenvalue weighted by Crippen LogP contribution is -2.16. The van der Waals surface area contributed by atoms with Gasteiger partial charge in [0.05, 0.1) is 22.2 Å². The number of nitrogens with one attached hydrogen (secondary N) is 1. The zero-order valence-electron chi connectivity index (χ0n) is 15.7. The third-order valence-electron chi connectivity index (χ3n) is 4.46. The molecule has 0 bridgehead atoms. The molecular weight excluding hydrogens is 404 g/mol. The van der Waals surface area contributed by atoms with Gasteiger partial charge in [0.1, 0.15) is 0 Å². The SMILES string of the molecule is Cc1c(Cl)cccc1NC(=O)CSc1ccc(-c2ccccn2)n1-n1cccc1.